The van der Waals surface area contributed by atoms with Crippen molar-refractivity contribution in [3.8, 4) is 0 Å². The Morgan fingerprint density at radius 1 is 1.07 bits per heavy atom. The van der Waals surface area contributed by atoms with Gasteiger partial charge in [0.25, 0.3) is 0 Å². The molecule has 0 saturated heterocycles. The van der Waals surface area contributed by atoms with Gasteiger partial charge in [0.15, 0.2) is 5.84 Å². The quantitative estimate of drug-likeness (QED) is 0.806. The molecule has 0 unspecified atom stereocenters. The number of rotatable bonds is 2. The number of alkyl halides is 3. The van der Waals surface area contributed by atoms with Crippen molar-refractivity contribution in [1.29, 1.82) is 0 Å². The number of amides is 1. The summed E-state index contributed by atoms with van der Waals surface area (Å²) < 4.78 is 39.5. The van der Waals surface area contributed by atoms with E-state index in [4.69, 9.17) is 0 Å². The molecule has 0 aromatic heterocycles. The first kappa shape index (κ1) is 17.3. The highest BCUT2D eigenvalue weighted by Gasteiger charge is 2.44. The lowest BCUT2D eigenvalue weighted by atomic mass is 10.1. The molecule has 0 N–H and O–H groups in total. The van der Waals surface area contributed by atoms with Crippen LogP contribution in [0.25, 0.3) is 0 Å². The van der Waals surface area contributed by atoms with Crippen molar-refractivity contribution in [1.82, 2.24) is 0 Å². The van der Waals surface area contributed by atoms with Gasteiger partial charge in [-0.15, -0.1) is 0 Å². The second-order valence-electron chi connectivity index (χ2n) is 6.21. The Labute approximate surface area is 152 Å². The number of ketones is 1. The van der Waals surface area contributed by atoms with Gasteiger partial charge in [-0.3, -0.25) is 19.5 Å². The zero-order valence-electron chi connectivity index (χ0n) is 14.0. The number of amidine groups is 1. The predicted molar refractivity (Wildman–Crippen MR) is 94.7 cm³/mol. The highest BCUT2D eigenvalue weighted by atomic mass is 19.4. The van der Waals surface area contributed by atoms with Crippen molar-refractivity contribution in [2.75, 3.05) is 22.9 Å². The summed E-state index contributed by atoms with van der Waals surface area (Å²) >= 11 is 0. The van der Waals surface area contributed by atoms with Crippen LogP contribution in [0.5, 0.6) is 0 Å². The molecule has 0 atom stereocenters. The van der Waals surface area contributed by atoms with Crippen LogP contribution < -0.4 is 9.80 Å². The molecule has 0 saturated carbocycles. The molecule has 2 aromatic carbocycles. The van der Waals surface area contributed by atoms with E-state index < -0.39 is 12.1 Å². The number of anilines is 3. The number of hydrogen-bond acceptors (Lipinski definition) is 4. The number of benzene rings is 2. The average Bonchev–Trinajstić information content (AvgIpc) is 2.95. The van der Waals surface area contributed by atoms with E-state index in [1.807, 2.05) is 0 Å². The minimum atomic E-state index is -5.06. The van der Waals surface area contributed by atoms with Crippen LogP contribution >= 0.6 is 0 Å². The van der Waals surface area contributed by atoms with Gasteiger partial charge < -0.3 is 4.90 Å². The summed E-state index contributed by atoms with van der Waals surface area (Å²) in [6.07, 6.45) is -4.26. The first-order valence-electron chi connectivity index (χ1n) is 8.35. The molecule has 4 rings (SSSR count). The molecule has 2 heterocycles. The monoisotopic (exact) mass is 373 g/mol. The molecule has 5 nitrogen and oxygen atoms in total. The number of halogens is 3. The van der Waals surface area contributed by atoms with E-state index in [2.05, 4.69) is 4.99 Å². The van der Waals surface area contributed by atoms with Gasteiger partial charge in [0.05, 0.1) is 16.9 Å². The van der Waals surface area contributed by atoms with E-state index >= 15 is 0 Å². The van der Waals surface area contributed by atoms with Crippen LogP contribution in [0.15, 0.2) is 53.5 Å². The Bertz CT molecular complexity index is 954. The molecule has 0 bridgehead atoms. The number of carbonyl (C=O) groups excluding carboxylic acids is 2. The summed E-state index contributed by atoms with van der Waals surface area (Å²) in [5, 5.41) is 0. The highest BCUT2D eigenvalue weighted by Crippen LogP contribution is 2.37. The molecule has 8 heteroatoms. The fraction of sp³-hybridized carbons (Fsp3) is 0.211. The van der Waals surface area contributed by atoms with Gasteiger partial charge in [0.1, 0.15) is 0 Å². The lowest BCUT2D eigenvalue weighted by Crippen LogP contribution is -2.38. The van der Waals surface area contributed by atoms with Gasteiger partial charge in [-0.1, -0.05) is 18.2 Å². The van der Waals surface area contributed by atoms with Crippen molar-refractivity contribution in [3.63, 3.8) is 0 Å². The van der Waals surface area contributed by atoms with Gasteiger partial charge in [-0.05, 0) is 36.8 Å². The van der Waals surface area contributed by atoms with E-state index in [0.29, 0.717) is 29.5 Å². The summed E-state index contributed by atoms with van der Waals surface area (Å²) in [4.78, 5) is 31.3. The van der Waals surface area contributed by atoms with Gasteiger partial charge in [-0.25, -0.2) is 0 Å². The maximum atomic E-state index is 13.2. The Hall–Kier alpha value is -3.16. The number of carbonyl (C=O) groups is 2. The minimum absolute atomic E-state index is 0.0175. The first-order valence-corrected chi connectivity index (χ1v) is 8.35. The Morgan fingerprint density at radius 2 is 1.81 bits per heavy atom. The van der Waals surface area contributed by atoms with Gasteiger partial charge in [0, 0.05) is 18.8 Å². The molecule has 0 aliphatic carbocycles. The number of fused-ring (bicyclic) bond motifs is 3. The Balaban J connectivity index is 1.82. The summed E-state index contributed by atoms with van der Waals surface area (Å²) in [5.74, 6) is -2.05. The van der Waals surface area contributed by atoms with Crippen LogP contribution in [0.4, 0.5) is 30.2 Å². The smallest absolute Gasteiger partial charge is 0.323 e. The van der Waals surface area contributed by atoms with Crippen LogP contribution in [-0.4, -0.2) is 36.8 Å². The molecule has 2 aromatic rings. The standard InChI is InChI=1S/C19H14F3N3O2/c20-19(21,22)18(27)25(12-5-2-1-3-6-12)13-7-8-15-14(11-13)16(26)17-23-9-4-10-24(15)17/h1-3,5-8,11H,4,9-10H2. The molecule has 27 heavy (non-hydrogen) atoms. The van der Waals surface area contributed by atoms with Gasteiger partial charge >= 0.3 is 12.1 Å². The molecule has 1 amide bonds. The van der Waals surface area contributed by atoms with Crippen LogP contribution in [0, 0.1) is 0 Å². The minimum Gasteiger partial charge on any atom is -0.323 e. The maximum absolute atomic E-state index is 13.2. The maximum Gasteiger partial charge on any atom is 0.472 e. The molecular formula is C19H14F3N3O2. The van der Waals surface area contributed by atoms with Crippen molar-refractivity contribution in [2.45, 2.75) is 12.6 Å². The lowest BCUT2D eigenvalue weighted by Gasteiger charge is -2.25. The number of nitrogens with zero attached hydrogens (tertiary/aromatic N) is 3. The second kappa shape index (κ2) is 6.22. The van der Waals surface area contributed by atoms with E-state index in [9.17, 15) is 22.8 Å². The fourth-order valence-electron chi connectivity index (χ4n) is 3.32. The third kappa shape index (κ3) is 2.87. The Morgan fingerprint density at radius 3 is 2.52 bits per heavy atom. The predicted octanol–water partition coefficient (Wildman–Crippen LogP) is 3.72. The third-order valence-corrected chi connectivity index (χ3v) is 4.49. The zero-order valence-corrected chi connectivity index (χ0v) is 14.0. The number of hydrogen-bond donors (Lipinski definition) is 0. The molecule has 0 spiro atoms. The SMILES string of the molecule is O=C1C2=NCCCN2c2ccc(N(C(=O)C(F)(F)F)c3ccccc3)cc21. The van der Waals surface area contributed by atoms with Crippen LogP contribution in [0.1, 0.15) is 16.8 Å². The second-order valence-corrected chi connectivity index (χ2v) is 6.21. The Kier molecular flexibility index (Phi) is 3.98. The van der Waals surface area contributed by atoms with Gasteiger partial charge in [-0.2, -0.15) is 13.2 Å². The zero-order chi connectivity index (χ0) is 19.2. The molecule has 0 fully saturated rings. The van der Waals surface area contributed by atoms with Crippen LogP contribution in [0.3, 0.4) is 0 Å². The summed E-state index contributed by atoms with van der Waals surface area (Å²) in [7, 11) is 0. The van der Waals surface area contributed by atoms with Crippen LogP contribution in [-0.2, 0) is 4.79 Å². The normalized spacial score (nSPS) is 15.9. The summed E-state index contributed by atoms with van der Waals surface area (Å²) in [5.41, 5.74) is 0.912. The van der Waals surface area contributed by atoms with Crippen molar-refractivity contribution >= 4 is 34.6 Å². The molecule has 0 radical (unpaired) electrons. The van der Waals surface area contributed by atoms with E-state index in [1.54, 1.807) is 29.2 Å². The van der Waals surface area contributed by atoms with E-state index in [-0.39, 0.29) is 22.7 Å². The fourth-order valence-corrected chi connectivity index (χ4v) is 3.32. The molecule has 2 aliphatic rings. The topological polar surface area (TPSA) is 53.0 Å². The molecule has 2 aliphatic heterocycles. The van der Waals surface area contributed by atoms with Crippen LogP contribution in [0.2, 0.25) is 0 Å². The largest absolute Gasteiger partial charge is 0.472 e. The summed E-state index contributed by atoms with van der Waals surface area (Å²) in [6, 6.07) is 11.9. The number of para-hydroxylation sites is 1. The third-order valence-electron chi connectivity index (χ3n) is 4.49. The van der Waals surface area contributed by atoms with Crippen molar-refractivity contribution in [2.24, 2.45) is 4.99 Å². The average molecular weight is 373 g/mol. The first-order chi connectivity index (χ1) is 12.9. The van der Waals surface area contributed by atoms with Gasteiger partial charge in [0.2, 0.25) is 5.78 Å². The molecular weight excluding hydrogens is 359 g/mol. The number of Topliss-reactive ketones (excluding diaryl/α,β-unsaturated/α-hetero) is 1. The van der Waals surface area contributed by atoms with Crippen molar-refractivity contribution in [3.05, 3.63) is 54.1 Å². The highest BCUT2D eigenvalue weighted by molar-refractivity contribution is 6.54. The van der Waals surface area contributed by atoms with Crippen molar-refractivity contribution < 1.29 is 22.8 Å². The van der Waals surface area contributed by atoms with E-state index in [1.165, 1.54) is 24.3 Å². The number of aliphatic imine (C=N–C) groups is 1. The summed E-state index contributed by atoms with van der Waals surface area (Å²) in [6.45, 7) is 1.17. The lowest BCUT2D eigenvalue weighted by molar-refractivity contribution is -0.169. The van der Waals surface area contributed by atoms with E-state index in [0.717, 1.165) is 6.42 Å². The molecule has 138 valence electrons.